The van der Waals surface area contributed by atoms with E-state index >= 15 is 0 Å². The highest BCUT2D eigenvalue weighted by Crippen LogP contribution is 2.27. The summed E-state index contributed by atoms with van der Waals surface area (Å²) in [7, 11) is -4.08. The van der Waals surface area contributed by atoms with Crippen LogP contribution in [0.25, 0.3) is 0 Å². The highest BCUT2D eigenvalue weighted by molar-refractivity contribution is 7.85. The largest absolute Gasteiger partial charge is 0.748 e. The van der Waals surface area contributed by atoms with Gasteiger partial charge in [0.05, 0.1) is 55.1 Å². The minimum absolute atomic E-state index is 0.257. The monoisotopic (exact) mass is 328 g/mol. The second-order valence-electron chi connectivity index (χ2n) is 5.50. The SMILES string of the molecule is CCOc1ccccc1N1CC[NH+](CCCS(=O)(=O)[O-])CC1. The lowest BCUT2D eigenvalue weighted by Gasteiger charge is -2.34. The Kier molecular flexibility index (Phi) is 6.05. The van der Waals surface area contributed by atoms with Crippen molar-refractivity contribution in [2.45, 2.75) is 13.3 Å². The van der Waals surface area contributed by atoms with E-state index in [0.29, 0.717) is 13.0 Å². The molecule has 0 aliphatic carbocycles. The Balaban J connectivity index is 1.84. The van der Waals surface area contributed by atoms with Crippen molar-refractivity contribution in [2.75, 3.05) is 50.0 Å². The van der Waals surface area contributed by atoms with Crippen LogP contribution in [0.1, 0.15) is 13.3 Å². The number of hydrogen-bond donors (Lipinski definition) is 1. The van der Waals surface area contributed by atoms with Crippen LogP contribution in [0.15, 0.2) is 24.3 Å². The first kappa shape index (κ1) is 17.1. The third kappa shape index (κ3) is 5.15. The summed E-state index contributed by atoms with van der Waals surface area (Å²) in [5.41, 5.74) is 1.12. The number of quaternary nitrogens is 1. The Bertz CT molecular complexity index is 569. The van der Waals surface area contributed by atoms with Crippen LogP contribution in [-0.2, 0) is 10.1 Å². The summed E-state index contributed by atoms with van der Waals surface area (Å²) in [4.78, 5) is 3.66. The van der Waals surface area contributed by atoms with Gasteiger partial charge in [0, 0.05) is 12.2 Å². The summed E-state index contributed by atoms with van der Waals surface area (Å²) < 4.78 is 37.5. The molecule has 0 unspecified atom stereocenters. The van der Waals surface area contributed by atoms with E-state index in [2.05, 4.69) is 11.0 Å². The van der Waals surface area contributed by atoms with Crippen LogP contribution < -0.4 is 14.5 Å². The van der Waals surface area contributed by atoms with Crippen molar-refractivity contribution >= 4 is 15.8 Å². The first-order chi connectivity index (χ1) is 10.5. The zero-order chi connectivity index (χ0) is 16.0. The molecule has 1 fully saturated rings. The highest BCUT2D eigenvalue weighted by atomic mass is 32.2. The van der Waals surface area contributed by atoms with Crippen molar-refractivity contribution in [3.63, 3.8) is 0 Å². The number of para-hydroxylation sites is 2. The van der Waals surface area contributed by atoms with Crippen LogP contribution in [0, 0.1) is 0 Å². The Morgan fingerprint density at radius 3 is 2.59 bits per heavy atom. The van der Waals surface area contributed by atoms with Crippen LogP contribution in [0.5, 0.6) is 5.75 Å². The third-order valence-electron chi connectivity index (χ3n) is 3.90. The number of piperazine rings is 1. The average molecular weight is 328 g/mol. The molecule has 1 aliphatic heterocycles. The number of nitrogens with zero attached hydrogens (tertiary/aromatic N) is 1. The van der Waals surface area contributed by atoms with Gasteiger partial charge in [-0.3, -0.25) is 0 Å². The molecule has 1 heterocycles. The summed E-state index contributed by atoms with van der Waals surface area (Å²) in [6.45, 7) is 7.06. The molecule has 1 aromatic carbocycles. The molecular weight excluding hydrogens is 304 g/mol. The lowest BCUT2D eigenvalue weighted by molar-refractivity contribution is -0.900. The van der Waals surface area contributed by atoms with Gasteiger partial charge in [-0.25, -0.2) is 8.42 Å². The number of benzene rings is 1. The summed E-state index contributed by atoms with van der Waals surface area (Å²) >= 11 is 0. The van der Waals surface area contributed by atoms with Crippen molar-refractivity contribution in [1.82, 2.24) is 0 Å². The average Bonchev–Trinajstić information content (AvgIpc) is 2.48. The van der Waals surface area contributed by atoms with E-state index in [0.717, 1.165) is 44.2 Å². The number of ether oxygens (including phenoxy) is 1. The quantitative estimate of drug-likeness (QED) is 0.697. The Labute approximate surface area is 132 Å². The standard InChI is InChI=1S/C15H24N2O4S/c1-2-21-15-7-4-3-6-14(15)17-11-9-16(10-12-17)8-5-13-22(18,19)20/h3-4,6-7H,2,5,8-13H2,1H3,(H,18,19,20). The van der Waals surface area contributed by atoms with Crippen LogP contribution in [-0.4, -0.2) is 58.1 Å². The number of rotatable bonds is 7. The molecule has 0 radical (unpaired) electrons. The molecule has 2 rings (SSSR count). The molecule has 0 atom stereocenters. The first-order valence-corrected chi connectivity index (χ1v) is 9.31. The third-order valence-corrected chi connectivity index (χ3v) is 4.69. The van der Waals surface area contributed by atoms with E-state index in [1.165, 1.54) is 4.90 Å². The van der Waals surface area contributed by atoms with Crippen LogP contribution in [0.2, 0.25) is 0 Å². The molecule has 7 heteroatoms. The predicted molar refractivity (Wildman–Crippen MR) is 84.6 cm³/mol. The summed E-state index contributed by atoms with van der Waals surface area (Å²) in [6.07, 6.45) is 0.441. The summed E-state index contributed by atoms with van der Waals surface area (Å²) in [5.74, 6) is 0.652. The van der Waals surface area contributed by atoms with Gasteiger partial charge in [0.25, 0.3) is 0 Å². The van der Waals surface area contributed by atoms with E-state index in [-0.39, 0.29) is 5.75 Å². The predicted octanol–water partition coefficient (Wildman–Crippen LogP) is -0.274. The van der Waals surface area contributed by atoms with Crippen molar-refractivity contribution in [3.8, 4) is 5.75 Å². The van der Waals surface area contributed by atoms with Crippen molar-refractivity contribution in [2.24, 2.45) is 0 Å². The van der Waals surface area contributed by atoms with Gasteiger partial charge in [-0.15, -0.1) is 0 Å². The van der Waals surface area contributed by atoms with Crippen LogP contribution >= 0.6 is 0 Å². The number of anilines is 1. The Hall–Kier alpha value is -1.31. The normalized spacial score (nSPS) is 16.7. The molecular formula is C15H24N2O4S. The minimum atomic E-state index is -4.08. The summed E-state index contributed by atoms with van der Waals surface area (Å²) in [6, 6.07) is 8.03. The van der Waals surface area contributed by atoms with Gasteiger partial charge in [0.15, 0.2) is 0 Å². The van der Waals surface area contributed by atoms with Crippen molar-refractivity contribution in [3.05, 3.63) is 24.3 Å². The zero-order valence-corrected chi connectivity index (χ0v) is 13.8. The van der Waals surface area contributed by atoms with E-state index in [1.807, 2.05) is 25.1 Å². The van der Waals surface area contributed by atoms with Gasteiger partial charge in [0.1, 0.15) is 5.75 Å². The van der Waals surface area contributed by atoms with Gasteiger partial charge in [-0.2, -0.15) is 0 Å². The molecule has 1 N–H and O–H groups in total. The van der Waals surface area contributed by atoms with Crippen LogP contribution in [0.4, 0.5) is 5.69 Å². The maximum Gasteiger partial charge on any atom is 0.142 e. The number of nitrogens with one attached hydrogen (secondary N) is 1. The molecule has 0 amide bonds. The van der Waals surface area contributed by atoms with Gasteiger partial charge in [-0.1, -0.05) is 12.1 Å². The molecule has 22 heavy (non-hydrogen) atoms. The topological polar surface area (TPSA) is 74.1 Å². The maximum atomic E-state index is 10.6. The van der Waals surface area contributed by atoms with Gasteiger partial charge in [0.2, 0.25) is 0 Å². The molecule has 124 valence electrons. The molecule has 1 aliphatic rings. The van der Waals surface area contributed by atoms with Crippen LogP contribution in [0.3, 0.4) is 0 Å². The van der Waals surface area contributed by atoms with E-state index in [9.17, 15) is 13.0 Å². The lowest BCUT2D eigenvalue weighted by Crippen LogP contribution is -3.14. The van der Waals surface area contributed by atoms with Gasteiger partial charge >= 0.3 is 0 Å². The fourth-order valence-electron chi connectivity index (χ4n) is 2.81. The Morgan fingerprint density at radius 1 is 1.27 bits per heavy atom. The highest BCUT2D eigenvalue weighted by Gasteiger charge is 2.21. The number of hydrogen-bond acceptors (Lipinski definition) is 5. The molecule has 0 aromatic heterocycles. The zero-order valence-electron chi connectivity index (χ0n) is 13.0. The maximum absolute atomic E-state index is 10.6. The first-order valence-electron chi connectivity index (χ1n) is 7.73. The second-order valence-corrected chi connectivity index (χ2v) is 7.03. The van der Waals surface area contributed by atoms with E-state index < -0.39 is 10.1 Å². The van der Waals surface area contributed by atoms with Gasteiger partial charge in [-0.05, 0) is 19.1 Å². The molecule has 1 saturated heterocycles. The molecule has 0 saturated carbocycles. The van der Waals surface area contributed by atoms with E-state index in [1.54, 1.807) is 0 Å². The smallest absolute Gasteiger partial charge is 0.142 e. The summed E-state index contributed by atoms with van der Waals surface area (Å²) in [5, 5.41) is 0. The lowest BCUT2D eigenvalue weighted by atomic mass is 10.2. The molecule has 0 spiro atoms. The minimum Gasteiger partial charge on any atom is -0.748 e. The van der Waals surface area contributed by atoms with Crippen molar-refractivity contribution < 1.29 is 22.6 Å². The molecule has 6 nitrogen and oxygen atoms in total. The van der Waals surface area contributed by atoms with Crippen molar-refractivity contribution in [1.29, 1.82) is 0 Å². The molecule has 0 bridgehead atoms. The fraction of sp³-hybridized carbons (Fsp3) is 0.600. The Morgan fingerprint density at radius 2 is 1.95 bits per heavy atom. The fourth-order valence-corrected chi connectivity index (χ4v) is 3.31. The van der Waals surface area contributed by atoms with E-state index in [4.69, 9.17) is 4.74 Å². The van der Waals surface area contributed by atoms with Gasteiger partial charge < -0.3 is 19.1 Å². The molecule has 1 aromatic rings. The second kappa shape index (κ2) is 7.80.